The van der Waals surface area contributed by atoms with Crippen LogP contribution in [0.4, 0.5) is 0 Å². The fourth-order valence-electron chi connectivity index (χ4n) is 3.00. The third-order valence-corrected chi connectivity index (χ3v) is 4.16. The molecule has 0 fully saturated rings. The summed E-state index contributed by atoms with van der Waals surface area (Å²) in [4.78, 5) is 19.0. The fraction of sp³-hybridized carbons (Fsp3) is 0.300. The van der Waals surface area contributed by atoms with Gasteiger partial charge in [0.05, 0.1) is 6.54 Å². The molecule has 2 heterocycles. The Morgan fingerprint density at radius 2 is 1.92 bits per heavy atom. The number of aryl methyl sites for hydroxylation is 1. The van der Waals surface area contributed by atoms with Gasteiger partial charge in [-0.25, -0.2) is 0 Å². The summed E-state index contributed by atoms with van der Waals surface area (Å²) in [6.07, 6.45) is 1.66. The van der Waals surface area contributed by atoms with Crippen LogP contribution in [0.1, 0.15) is 30.0 Å². The van der Waals surface area contributed by atoms with Crippen LogP contribution in [0.15, 0.2) is 54.7 Å². The first-order chi connectivity index (χ1) is 11.6. The molecule has 0 bridgehead atoms. The molecule has 0 saturated heterocycles. The number of hydrogen-bond acceptors (Lipinski definition) is 2. The van der Waals surface area contributed by atoms with Crippen LogP contribution in [-0.2, 0) is 13.6 Å². The second-order valence-electron chi connectivity index (χ2n) is 6.55. The van der Waals surface area contributed by atoms with Crippen molar-refractivity contribution in [2.75, 3.05) is 6.54 Å². The Morgan fingerprint density at radius 3 is 2.58 bits per heavy atom. The number of fused-ring (bicyclic) bond motifs is 1. The SMILES string of the molecule is CC(C)CN(Cc1cc2ccccc2n1C)C(=O)c1ccccn1. The van der Waals surface area contributed by atoms with E-state index in [4.69, 9.17) is 0 Å². The molecule has 0 saturated carbocycles. The van der Waals surface area contributed by atoms with Gasteiger partial charge in [0, 0.05) is 31.0 Å². The molecule has 124 valence electrons. The van der Waals surface area contributed by atoms with Gasteiger partial charge in [0.15, 0.2) is 0 Å². The van der Waals surface area contributed by atoms with Crippen molar-refractivity contribution >= 4 is 16.8 Å². The lowest BCUT2D eigenvalue weighted by Gasteiger charge is -2.24. The van der Waals surface area contributed by atoms with Crippen molar-refractivity contribution in [3.63, 3.8) is 0 Å². The van der Waals surface area contributed by atoms with Crippen molar-refractivity contribution in [1.29, 1.82) is 0 Å². The van der Waals surface area contributed by atoms with Gasteiger partial charge in [-0.3, -0.25) is 9.78 Å². The van der Waals surface area contributed by atoms with Crippen LogP contribution in [-0.4, -0.2) is 26.9 Å². The zero-order chi connectivity index (χ0) is 17.1. The Kier molecular flexibility index (Phi) is 4.65. The van der Waals surface area contributed by atoms with Crippen LogP contribution < -0.4 is 0 Å². The van der Waals surface area contributed by atoms with Crippen molar-refractivity contribution < 1.29 is 4.79 Å². The predicted molar refractivity (Wildman–Crippen MR) is 96.7 cm³/mol. The van der Waals surface area contributed by atoms with E-state index in [1.165, 1.54) is 10.9 Å². The molecule has 4 heteroatoms. The molecule has 2 aromatic heterocycles. The summed E-state index contributed by atoms with van der Waals surface area (Å²) in [5.74, 6) is 0.377. The molecule has 0 aliphatic carbocycles. The van der Waals surface area contributed by atoms with E-state index in [0.717, 1.165) is 5.69 Å². The van der Waals surface area contributed by atoms with E-state index in [9.17, 15) is 4.79 Å². The third-order valence-electron chi connectivity index (χ3n) is 4.16. The highest BCUT2D eigenvalue weighted by molar-refractivity contribution is 5.92. The summed E-state index contributed by atoms with van der Waals surface area (Å²) in [5.41, 5.74) is 2.81. The zero-order valence-corrected chi connectivity index (χ0v) is 14.4. The molecule has 0 aliphatic rings. The first-order valence-electron chi connectivity index (χ1n) is 8.30. The van der Waals surface area contributed by atoms with Gasteiger partial charge in [-0.15, -0.1) is 0 Å². The van der Waals surface area contributed by atoms with E-state index < -0.39 is 0 Å². The van der Waals surface area contributed by atoms with Gasteiger partial charge in [0.1, 0.15) is 5.69 Å². The van der Waals surface area contributed by atoms with E-state index >= 15 is 0 Å². The topological polar surface area (TPSA) is 38.1 Å². The Bertz CT molecular complexity index is 836. The second kappa shape index (κ2) is 6.87. The molecule has 3 rings (SSSR count). The zero-order valence-electron chi connectivity index (χ0n) is 14.4. The lowest BCUT2D eigenvalue weighted by molar-refractivity contribution is 0.0713. The predicted octanol–water partition coefficient (Wildman–Crippen LogP) is 3.87. The summed E-state index contributed by atoms with van der Waals surface area (Å²) < 4.78 is 2.16. The van der Waals surface area contributed by atoms with Gasteiger partial charge in [-0.2, -0.15) is 0 Å². The summed E-state index contributed by atoms with van der Waals surface area (Å²) in [5, 5.41) is 1.20. The highest BCUT2D eigenvalue weighted by Gasteiger charge is 2.20. The second-order valence-corrected chi connectivity index (χ2v) is 6.55. The minimum atomic E-state index is -0.0189. The van der Waals surface area contributed by atoms with Crippen LogP contribution in [0.2, 0.25) is 0 Å². The molecule has 1 amide bonds. The van der Waals surface area contributed by atoms with Crippen LogP contribution in [0.25, 0.3) is 10.9 Å². The van der Waals surface area contributed by atoms with Gasteiger partial charge in [-0.1, -0.05) is 38.1 Å². The average Bonchev–Trinajstić information content (AvgIpc) is 2.90. The van der Waals surface area contributed by atoms with Crippen LogP contribution in [0.3, 0.4) is 0 Å². The molecule has 0 radical (unpaired) electrons. The summed E-state index contributed by atoms with van der Waals surface area (Å²) >= 11 is 0. The smallest absolute Gasteiger partial charge is 0.272 e. The van der Waals surface area contributed by atoms with E-state index in [1.54, 1.807) is 12.3 Å². The number of para-hydroxylation sites is 1. The van der Waals surface area contributed by atoms with Crippen molar-refractivity contribution in [3.05, 3.63) is 66.1 Å². The summed E-state index contributed by atoms with van der Waals surface area (Å²) in [6.45, 7) is 5.54. The quantitative estimate of drug-likeness (QED) is 0.715. The van der Waals surface area contributed by atoms with Crippen LogP contribution in [0.5, 0.6) is 0 Å². The number of nitrogens with zero attached hydrogens (tertiary/aromatic N) is 3. The average molecular weight is 321 g/mol. The van der Waals surface area contributed by atoms with Gasteiger partial charge < -0.3 is 9.47 Å². The van der Waals surface area contributed by atoms with Crippen molar-refractivity contribution in [1.82, 2.24) is 14.5 Å². The molecule has 0 atom stereocenters. The molecule has 4 nitrogen and oxygen atoms in total. The number of benzene rings is 1. The van der Waals surface area contributed by atoms with Gasteiger partial charge in [-0.05, 0) is 35.6 Å². The molecular weight excluding hydrogens is 298 g/mol. The molecule has 0 aliphatic heterocycles. The van der Waals surface area contributed by atoms with Crippen molar-refractivity contribution in [3.8, 4) is 0 Å². The molecule has 0 N–H and O–H groups in total. The maximum atomic E-state index is 12.9. The third kappa shape index (κ3) is 3.32. The number of pyridine rings is 1. The van der Waals surface area contributed by atoms with Gasteiger partial charge in [0.25, 0.3) is 5.91 Å². The Hall–Kier alpha value is -2.62. The maximum Gasteiger partial charge on any atom is 0.272 e. The number of amides is 1. The highest BCUT2D eigenvalue weighted by atomic mass is 16.2. The van der Waals surface area contributed by atoms with Crippen molar-refractivity contribution in [2.45, 2.75) is 20.4 Å². The van der Waals surface area contributed by atoms with Crippen LogP contribution >= 0.6 is 0 Å². The number of carbonyl (C=O) groups excluding carboxylic acids is 1. The molecule has 24 heavy (non-hydrogen) atoms. The Labute approximate surface area is 142 Å². The lowest BCUT2D eigenvalue weighted by atomic mass is 10.2. The Balaban J connectivity index is 1.91. The maximum absolute atomic E-state index is 12.9. The first-order valence-corrected chi connectivity index (χ1v) is 8.30. The number of rotatable bonds is 5. The number of hydrogen-bond donors (Lipinski definition) is 0. The normalized spacial score (nSPS) is 11.2. The molecule has 1 aromatic carbocycles. The highest BCUT2D eigenvalue weighted by Crippen LogP contribution is 2.20. The van der Waals surface area contributed by atoms with E-state index in [2.05, 4.69) is 48.6 Å². The minimum absolute atomic E-state index is 0.0189. The van der Waals surface area contributed by atoms with Gasteiger partial charge >= 0.3 is 0 Å². The van der Waals surface area contributed by atoms with Gasteiger partial charge in [0.2, 0.25) is 0 Å². The molecule has 0 unspecified atom stereocenters. The largest absolute Gasteiger partial charge is 0.346 e. The standard InChI is InChI=1S/C20H23N3O/c1-15(2)13-23(20(24)18-9-6-7-11-21-18)14-17-12-16-8-4-5-10-19(16)22(17)3/h4-12,15H,13-14H2,1-3H3. The monoisotopic (exact) mass is 321 g/mol. The lowest BCUT2D eigenvalue weighted by Crippen LogP contribution is -2.34. The van der Waals surface area contributed by atoms with E-state index in [1.807, 2.05) is 29.2 Å². The fourth-order valence-corrected chi connectivity index (χ4v) is 3.00. The van der Waals surface area contributed by atoms with E-state index in [0.29, 0.717) is 24.7 Å². The van der Waals surface area contributed by atoms with Crippen molar-refractivity contribution in [2.24, 2.45) is 13.0 Å². The summed E-state index contributed by atoms with van der Waals surface area (Å²) in [6, 6.07) is 15.9. The summed E-state index contributed by atoms with van der Waals surface area (Å²) in [7, 11) is 2.05. The molecule has 3 aromatic rings. The minimum Gasteiger partial charge on any atom is -0.346 e. The van der Waals surface area contributed by atoms with Crippen LogP contribution in [0, 0.1) is 5.92 Å². The van der Waals surface area contributed by atoms with E-state index in [-0.39, 0.29) is 5.91 Å². The Morgan fingerprint density at radius 1 is 1.17 bits per heavy atom. The molecular formula is C20H23N3O. The number of aromatic nitrogens is 2. The number of carbonyl (C=O) groups is 1. The first kappa shape index (κ1) is 16.2. The molecule has 0 spiro atoms.